The zero-order valence-electron chi connectivity index (χ0n) is 13.8. The van der Waals surface area contributed by atoms with E-state index in [0.29, 0.717) is 38.6 Å². The number of carbonyl (C=O) groups is 1. The molecule has 1 fully saturated rings. The van der Waals surface area contributed by atoms with Gasteiger partial charge in [0, 0.05) is 37.5 Å². The number of aromatic nitrogens is 1. The molecule has 3 heterocycles. The highest BCUT2D eigenvalue weighted by atomic mass is 32.1. The second kappa shape index (κ2) is 6.85. The van der Waals surface area contributed by atoms with Crippen LogP contribution in [-0.2, 0) is 11.2 Å². The van der Waals surface area contributed by atoms with Gasteiger partial charge in [-0.05, 0) is 23.6 Å². The summed E-state index contributed by atoms with van der Waals surface area (Å²) in [6.07, 6.45) is 0.599. The smallest absolute Gasteiger partial charge is 0.298 e. The van der Waals surface area contributed by atoms with Crippen LogP contribution in [0.1, 0.15) is 4.88 Å². The molecule has 0 saturated carbocycles. The molecule has 0 bridgehead atoms. The molecular formula is C18H20N4O2S. The number of carbonyl (C=O) groups excluding carboxylic acids is 1. The molecule has 130 valence electrons. The van der Waals surface area contributed by atoms with E-state index in [1.165, 1.54) is 0 Å². The lowest BCUT2D eigenvalue weighted by Crippen LogP contribution is -2.53. The van der Waals surface area contributed by atoms with Crippen LogP contribution in [-0.4, -0.2) is 48.0 Å². The molecule has 1 saturated heterocycles. The number of benzene rings is 1. The summed E-state index contributed by atoms with van der Waals surface area (Å²) < 4.78 is 5.81. The first-order valence-corrected chi connectivity index (χ1v) is 9.26. The molecule has 1 unspecified atom stereocenters. The van der Waals surface area contributed by atoms with Gasteiger partial charge in [0.05, 0.1) is 6.04 Å². The quantitative estimate of drug-likeness (QED) is 0.775. The molecule has 6 nitrogen and oxygen atoms in total. The first-order chi connectivity index (χ1) is 12.2. The van der Waals surface area contributed by atoms with Crippen LogP contribution in [0.3, 0.4) is 0 Å². The monoisotopic (exact) mass is 356 g/mol. The van der Waals surface area contributed by atoms with E-state index in [4.69, 9.17) is 10.2 Å². The maximum Gasteiger partial charge on any atom is 0.298 e. The number of hydrogen-bond acceptors (Lipinski definition) is 6. The second-order valence-electron chi connectivity index (χ2n) is 6.17. The van der Waals surface area contributed by atoms with Crippen LogP contribution in [0.15, 0.2) is 46.2 Å². The molecule has 3 aromatic rings. The summed E-state index contributed by atoms with van der Waals surface area (Å²) in [5, 5.41) is 2.01. The third-order valence-corrected chi connectivity index (χ3v) is 5.36. The molecule has 7 heteroatoms. The van der Waals surface area contributed by atoms with E-state index in [9.17, 15) is 4.79 Å². The zero-order valence-corrected chi connectivity index (χ0v) is 14.6. The minimum Gasteiger partial charge on any atom is -0.423 e. The number of fused-ring (bicyclic) bond motifs is 1. The van der Waals surface area contributed by atoms with Gasteiger partial charge in [0.15, 0.2) is 5.58 Å². The van der Waals surface area contributed by atoms with Gasteiger partial charge in [-0.25, -0.2) is 0 Å². The van der Waals surface area contributed by atoms with Crippen molar-refractivity contribution in [1.29, 1.82) is 0 Å². The molecule has 25 heavy (non-hydrogen) atoms. The zero-order chi connectivity index (χ0) is 17.2. The third kappa shape index (κ3) is 3.38. The van der Waals surface area contributed by atoms with E-state index < -0.39 is 6.04 Å². The number of nitrogens with two attached hydrogens (primary N) is 1. The number of hydrogen-bond donors (Lipinski definition) is 1. The Morgan fingerprint density at radius 1 is 1.20 bits per heavy atom. The highest BCUT2D eigenvalue weighted by molar-refractivity contribution is 7.09. The summed E-state index contributed by atoms with van der Waals surface area (Å²) in [6.45, 7) is 2.67. The first kappa shape index (κ1) is 16.1. The molecule has 1 amide bonds. The van der Waals surface area contributed by atoms with Crippen LogP contribution in [0.25, 0.3) is 11.1 Å². The Bertz CT molecular complexity index is 820. The van der Waals surface area contributed by atoms with Crippen molar-refractivity contribution in [3.8, 4) is 0 Å². The average molecular weight is 356 g/mol. The number of anilines is 1. The largest absolute Gasteiger partial charge is 0.423 e. The van der Waals surface area contributed by atoms with Crippen molar-refractivity contribution in [2.45, 2.75) is 12.5 Å². The van der Waals surface area contributed by atoms with Crippen molar-refractivity contribution in [2.75, 3.05) is 31.1 Å². The van der Waals surface area contributed by atoms with Crippen LogP contribution in [0.5, 0.6) is 0 Å². The van der Waals surface area contributed by atoms with Gasteiger partial charge in [-0.3, -0.25) is 4.79 Å². The second-order valence-corrected chi connectivity index (χ2v) is 7.20. The number of amides is 1. The summed E-state index contributed by atoms with van der Waals surface area (Å²) in [5.41, 5.74) is 7.75. The Morgan fingerprint density at radius 2 is 2.00 bits per heavy atom. The fraction of sp³-hybridized carbons (Fsp3) is 0.333. The van der Waals surface area contributed by atoms with Gasteiger partial charge < -0.3 is 20.0 Å². The van der Waals surface area contributed by atoms with Gasteiger partial charge in [0.2, 0.25) is 5.91 Å². The van der Waals surface area contributed by atoms with Crippen molar-refractivity contribution in [1.82, 2.24) is 9.88 Å². The Hall–Kier alpha value is -2.38. The van der Waals surface area contributed by atoms with Crippen LogP contribution in [0.4, 0.5) is 6.01 Å². The first-order valence-electron chi connectivity index (χ1n) is 8.38. The molecule has 1 aliphatic heterocycles. The number of rotatable bonds is 4. The topological polar surface area (TPSA) is 75.6 Å². The summed E-state index contributed by atoms with van der Waals surface area (Å²) in [6, 6.07) is 11.9. The van der Waals surface area contributed by atoms with E-state index in [2.05, 4.69) is 9.88 Å². The Morgan fingerprint density at radius 3 is 2.72 bits per heavy atom. The minimum atomic E-state index is -0.477. The lowest BCUT2D eigenvalue weighted by atomic mass is 10.1. The van der Waals surface area contributed by atoms with Crippen LogP contribution >= 0.6 is 11.3 Å². The fourth-order valence-electron chi connectivity index (χ4n) is 3.08. The Balaban J connectivity index is 1.36. The maximum atomic E-state index is 12.6. The SMILES string of the molecule is NC(Cc1cccs1)C(=O)N1CCN(c2nc3ccccc3o2)CC1. The third-order valence-electron chi connectivity index (χ3n) is 4.46. The molecule has 1 aromatic carbocycles. The number of thiophene rings is 1. The molecule has 0 spiro atoms. The van der Waals surface area contributed by atoms with Crippen molar-refractivity contribution >= 4 is 34.4 Å². The van der Waals surface area contributed by atoms with Crippen LogP contribution in [0.2, 0.25) is 0 Å². The van der Waals surface area contributed by atoms with E-state index in [1.807, 2.05) is 46.7 Å². The van der Waals surface area contributed by atoms with Gasteiger partial charge in [-0.15, -0.1) is 11.3 Å². The maximum absolute atomic E-state index is 12.6. The number of oxazole rings is 1. The summed E-state index contributed by atoms with van der Waals surface area (Å²) in [5.74, 6) is 0.0191. The number of para-hydroxylation sites is 2. The predicted molar refractivity (Wildman–Crippen MR) is 98.8 cm³/mol. The standard InChI is InChI=1S/C18H20N4O2S/c19-14(12-13-4-3-11-25-13)17(23)21-7-9-22(10-8-21)18-20-15-5-1-2-6-16(15)24-18/h1-6,11,14H,7-10,12,19H2. The van der Waals surface area contributed by atoms with E-state index in [1.54, 1.807) is 11.3 Å². The summed E-state index contributed by atoms with van der Waals surface area (Å²) >= 11 is 1.64. The van der Waals surface area contributed by atoms with E-state index >= 15 is 0 Å². The van der Waals surface area contributed by atoms with Crippen LogP contribution < -0.4 is 10.6 Å². The van der Waals surface area contributed by atoms with Crippen molar-refractivity contribution in [2.24, 2.45) is 5.73 Å². The van der Waals surface area contributed by atoms with Gasteiger partial charge in [0.1, 0.15) is 5.52 Å². The predicted octanol–water partition coefficient (Wildman–Crippen LogP) is 2.11. The minimum absolute atomic E-state index is 0.0191. The Labute approximate surface area is 149 Å². The van der Waals surface area contributed by atoms with Crippen molar-refractivity contribution < 1.29 is 9.21 Å². The van der Waals surface area contributed by atoms with Gasteiger partial charge >= 0.3 is 0 Å². The Kier molecular flexibility index (Phi) is 4.42. The fourth-order valence-corrected chi connectivity index (χ4v) is 3.85. The van der Waals surface area contributed by atoms with Crippen molar-refractivity contribution in [3.63, 3.8) is 0 Å². The lowest BCUT2D eigenvalue weighted by Gasteiger charge is -2.35. The van der Waals surface area contributed by atoms with Gasteiger partial charge in [-0.2, -0.15) is 4.98 Å². The molecule has 2 N–H and O–H groups in total. The lowest BCUT2D eigenvalue weighted by molar-refractivity contribution is -0.132. The molecular weight excluding hydrogens is 336 g/mol. The molecule has 4 rings (SSSR count). The highest BCUT2D eigenvalue weighted by Gasteiger charge is 2.27. The highest BCUT2D eigenvalue weighted by Crippen LogP contribution is 2.22. The van der Waals surface area contributed by atoms with E-state index in [0.717, 1.165) is 16.0 Å². The number of nitrogens with zero attached hydrogens (tertiary/aromatic N) is 3. The van der Waals surface area contributed by atoms with Gasteiger partial charge in [0.25, 0.3) is 6.01 Å². The normalized spacial score (nSPS) is 16.4. The average Bonchev–Trinajstić information content (AvgIpc) is 3.30. The van der Waals surface area contributed by atoms with Crippen molar-refractivity contribution in [3.05, 3.63) is 46.7 Å². The molecule has 1 atom stereocenters. The molecule has 2 aromatic heterocycles. The van der Waals surface area contributed by atoms with Crippen LogP contribution in [0, 0.1) is 0 Å². The van der Waals surface area contributed by atoms with Gasteiger partial charge in [-0.1, -0.05) is 18.2 Å². The summed E-state index contributed by atoms with van der Waals surface area (Å²) in [4.78, 5) is 22.1. The molecule has 1 aliphatic rings. The number of piperazine rings is 1. The summed E-state index contributed by atoms with van der Waals surface area (Å²) in [7, 11) is 0. The van der Waals surface area contributed by atoms with E-state index in [-0.39, 0.29) is 5.91 Å². The molecule has 0 aliphatic carbocycles. The molecule has 0 radical (unpaired) electrons.